The Labute approximate surface area is 245 Å². The summed E-state index contributed by atoms with van der Waals surface area (Å²) in [6.45, 7) is 3.56. The van der Waals surface area contributed by atoms with Gasteiger partial charge in [-0.05, 0) is 61.8 Å². The van der Waals surface area contributed by atoms with E-state index in [0.717, 1.165) is 0 Å². The summed E-state index contributed by atoms with van der Waals surface area (Å²) in [6.07, 6.45) is 11.1. The molecule has 4 rings (SSSR count). The third-order valence-corrected chi connectivity index (χ3v) is 5.80. The molecule has 0 unspecified atom stereocenters. The van der Waals surface area contributed by atoms with Crippen LogP contribution in [0.1, 0.15) is 60.2 Å². The Kier molecular flexibility index (Phi) is 13.9. The molecule has 0 aliphatic heterocycles. The monoisotopic (exact) mass is 584 g/mol. The molecular weight excluding hydrogens is 548 g/mol. The molecule has 2 fully saturated rings. The lowest BCUT2D eigenvalue weighted by atomic mass is 10.2. The normalized spacial score (nSPS) is 13.0. The second kappa shape index (κ2) is 17.3. The highest BCUT2D eigenvalue weighted by Gasteiger charge is 2.24. The van der Waals surface area contributed by atoms with Gasteiger partial charge in [0.05, 0.1) is 32.0 Å². The van der Waals surface area contributed by atoms with E-state index in [4.69, 9.17) is 40.0 Å². The second-order valence-corrected chi connectivity index (χ2v) is 9.33. The molecule has 42 heavy (non-hydrogen) atoms. The molecule has 2 aliphatic carbocycles. The third-order valence-electron chi connectivity index (χ3n) is 5.80. The Morgan fingerprint density at radius 3 is 1.57 bits per heavy atom. The summed E-state index contributed by atoms with van der Waals surface area (Å²) in [5, 5.41) is 8.21. The summed E-state index contributed by atoms with van der Waals surface area (Å²) >= 11 is 0. The van der Waals surface area contributed by atoms with E-state index < -0.39 is 11.9 Å². The van der Waals surface area contributed by atoms with E-state index >= 15 is 0 Å². The van der Waals surface area contributed by atoms with Crippen molar-refractivity contribution in [1.82, 2.24) is 0 Å². The Hall–Kier alpha value is -4.56. The van der Waals surface area contributed by atoms with Crippen molar-refractivity contribution in [2.24, 2.45) is 11.8 Å². The van der Waals surface area contributed by atoms with E-state index in [1.165, 1.54) is 65.9 Å². The number of carbonyl (C=O) groups excluding carboxylic acids is 4. The van der Waals surface area contributed by atoms with Crippen LogP contribution < -0.4 is 28.4 Å². The fraction of sp³-hybridized carbons (Fsp3) is 0.419. The van der Waals surface area contributed by atoms with Crippen LogP contribution in [0.5, 0.6) is 34.5 Å². The van der Waals surface area contributed by atoms with Crippen LogP contribution in [0.3, 0.4) is 0 Å². The van der Waals surface area contributed by atoms with E-state index in [9.17, 15) is 19.2 Å². The maximum absolute atomic E-state index is 11.1. The SMILES string of the molecule is C#CCOc1ccc(C=O)c(OC(C)=O)c1OC.COc1c(OCC2CC2)ccc(C=O)c1OC(C)=O.OCC1CC1. The molecule has 0 aromatic heterocycles. The average Bonchev–Trinajstić information content (AvgIpc) is 3.90. The van der Waals surface area contributed by atoms with Crippen molar-refractivity contribution in [3.8, 4) is 46.8 Å². The maximum atomic E-state index is 11.1. The molecule has 1 N–H and O–H groups in total. The van der Waals surface area contributed by atoms with Crippen molar-refractivity contribution < 1.29 is 52.7 Å². The molecule has 0 saturated heterocycles. The molecule has 2 aliphatic rings. The lowest BCUT2D eigenvalue weighted by Gasteiger charge is -2.15. The molecule has 0 radical (unpaired) electrons. The Bertz CT molecular complexity index is 1270. The summed E-state index contributed by atoms with van der Waals surface area (Å²) in [7, 11) is 2.82. The Morgan fingerprint density at radius 1 is 0.810 bits per heavy atom. The predicted octanol–water partition coefficient (Wildman–Crippen LogP) is 4.06. The van der Waals surface area contributed by atoms with Gasteiger partial charge >= 0.3 is 11.9 Å². The van der Waals surface area contributed by atoms with Crippen molar-refractivity contribution in [2.45, 2.75) is 39.5 Å². The van der Waals surface area contributed by atoms with Gasteiger partial charge in [-0.2, -0.15) is 0 Å². The van der Waals surface area contributed by atoms with Gasteiger partial charge in [-0.15, -0.1) is 6.42 Å². The van der Waals surface area contributed by atoms with Crippen LogP contribution in [-0.4, -0.2) is 63.7 Å². The first-order valence-corrected chi connectivity index (χ1v) is 13.2. The largest absolute Gasteiger partial charge is 0.490 e. The lowest BCUT2D eigenvalue weighted by Crippen LogP contribution is -2.08. The summed E-state index contributed by atoms with van der Waals surface area (Å²) < 4.78 is 31.2. The zero-order valence-corrected chi connectivity index (χ0v) is 24.2. The molecule has 11 nitrogen and oxygen atoms in total. The molecule has 0 atom stereocenters. The molecule has 11 heteroatoms. The van der Waals surface area contributed by atoms with Gasteiger partial charge in [-0.25, -0.2) is 0 Å². The van der Waals surface area contributed by atoms with E-state index in [-0.39, 0.29) is 40.7 Å². The zero-order chi connectivity index (χ0) is 31.1. The standard InChI is InChI=1S/C14H16O5.C13H12O5.C4H8O/c1-9(16)19-13-11(7-15)5-6-12(14(13)17-2)18-8-10-3-4-10;1-4-7-17-11-6-5-10(8-14)12(13(11)16-3)18-9(2)15;5-3-4-1-2-4/h5-7,10H,3-4,8H2,1-2H3;1,5-6,8H,7H2,2-3H3;4-5H,1-3H2. The molecule has 226 valence electrons. The van der Waals surface area contributed by atoms with Gasteiger partial charge in [0.15, 0.2) is 35.6 Å². The van der Waals surface area contributed by atoms with Crippen LogP contribution in [0.4, 0.5) is 0 Å². The van der Waals surface area contributed by atoms with Crippen LogP contribution in [0.15, 0.2) is 24.3 Å². The topological polar surface area (TPSA) is 144 Å². The first kappa shape index (κ1) is 33.6. The number of esters is 2. The molecule has 2 aromatic carbocycles. The van der Waals surface area contributed by atoms with E-state index in [2.05, 4.69) is 5.92 Å². The number of hydrogen-bond acceptors (Lipinski definition) is 11. The van der Waals surface area contributed by atoms with E-state index in [1.807, 2.05) is 0 Å². The highest BCUT2D eigenvalue weighted by Crippen LogP contribution is 2.41. The van der Waals surface area contributed by atoms with Gasteiger partial charge in [0, 0.05) is 20.5 Å². The highest BCUT2D eigenvalue weighted by molar-refractivity contribution is 5.86. The maximum Gasteiger partial charge on any atom is 0.308 e. The van der Waals surface area contributed by atoms with Gasteiger partial charge in [0.2, 0.25) is 11.5 Å². The zero-order valence-electron chi connectivity index (χ0n) is 24.2. The van der Waals surface area contributed by atoms with Crippen LogP contribution in [0.2, 0.25) is 0 Å². The van der Waals surface area contributed by atoms with Crippen molar-refractivity contribution in [3.05, 3.63) is 35.4 Å². The molecule has 2 saturated carbocycles. The summed E-state index contributed by atoms with van der Waals surface area (Å²) in [5.41, 5.74) is 0.445. The quantitative estimate of drug-likeness (QED) is 0.167. The number of aliphatic hydroxyl groups is 1. The van der Waals surface area contributed by atoms with Gasteiger partial charge in [-0.3, -0.25) is 19.2 Å². The van der Waals surface area contributed by atoms with Crippen molar-refractivity contribution in [2.75, 3.05) is 34.0 Å². The average molecular weight is 585 g/mol. The Morgan fingerprint density at radius 2 is 1.26 bits per heavy atom. The van der Waals surface area contributed by atoms with Crippen LogP contribution >= 0.6 is 0 Å². The fourth-order valence-corrected chi connectivity index (χ4v) is 3.33. The number of rotatable bonds is 12. The first-order chi connectivity index (χ1) is 20.2. The second-order valence-electron chi connectivity index (χ2n) is 9.33. The molecule has 2 aromatic rings. The van der Waals surface area contributed by atoms with E-state index in [0.29, 0.717) is 49.1 Å². The number of methoxy groups -OCH3 is 2. The molecule has 0 spiro atoms. The molecule has 0 heterocycles. The van der Waals surface area contributed by atoms with Crippen molar-refractivity contribution in [3.63, 3.8) is 0 Å². The number of aliphatic hydroxyl groups excluding tert-OH is 1. The number of ether oxygens (including phenoxy) is 6. The number of benzene rings is 2. The highest BCUT2D eigenvalue weighted by atomic mass is 16.6. The number of carbonyl (C=O) groups is 4. The molecular formula is C31H36O11. The number of aldehydes is 2. The smallest absolute Gasteiger partial charge is 0.308 e. The molecule has 0 bridgehead atoms. The van der Waals surface area contributed by atoms with E-state index in [1.54, 1.807) is 12.1 Å². The lowest BCUT2D eigenvalue weighted by molar-refractivity contribution is -0.133. The van der Waals surface area contributed by atoms with Crippen LogP contribution in [0, 0.1) is 24.2 Å². The minimum atomic E-state index is -0.564. The summed E-state index contributed by atoms with van der Waals surface area (Å²) in [6, 6.07) is 6.18. The third kappa shape index (κ3) is 10.8. The van der Waals surface area contributed by atoms with Gasteiger partial charge in [-0.1, -0.05) is 5.92 Å². The summed E-state index contributed by atoms with van der Waals surface area (Å²) in [4.78, 5) is 44.0. The summed E-state index contributed by atoms with van der Waals surface area (Å²) in [5.74, 6) is 3.86. The minimum absolute atomic E-state index is 0.0227. The van der Waals surface area contributed by atoms with Gasteiger partial charge in [0.25, 0.3) is 0 Å². The first-order valence-electron chi connectivity index (χ1n) is 13.2. The van der Waals surface area contributed by atoms with Crippen molar-refractivity contribution in [1.29, 1.82) is 0 Å². The minimum Gasteiger partial charge on any atom is -0.490 e. The van der Waals surface area contributed by atoms with Crippen molar-refractivity contribution >= 4 is 24.5 Å². The van der Waals surface area contributed by atoms with Gasteiger partial charge < -0.3 is 33.5 Å². The number of terminal acetylenes is 1. The molecule has 0 amide bonds. The van der Waals surface area contributed by atoms with Crippen LogP contribution in [-0.2, 0) is 9.59 Å². The van der Waals surface area contributed by atoms with Gasteiger partial charge in [0.1, 0.15) is 6.61 Å². The fourth-order valence-electron chi connectivity index (χ4n) is 3.33. The Balaban J connectivity index is 0.000000252. The number of hydrogen-bond donors (Lipinski definition) is 1. The predicted molar refractivity (Wildman–Crippen MR) is 152 cm³/mol. The van der Waals surface area contributed by atoms with Crippen LogP contribution in [0.25, 0.3) is 0 Å².